The van der Waals surface area contributed by atoms with Crippen LogP contribution in [0.1, 0.15) is 10.4 Å². The summed E-state index contributed by atoms with van der Waals surface area (Å²) >= 11 is 0. The number of nitrogens with one attached hydrogen (secondary N) is 1. The van der Waals surface area contributed by atoms with E-state index in [4.69, 9.17) is 4.74 Å². The lowest BCUT2D eigenvalue weighted by molar-refractivity contribution is 0.0889. The Bertz CT molecular complexity index is 342. The molecule has 0 aliphatic rings. The molecular formula is C10H11F2NO2. The van der Waals surface area contributed by atoms with Crippen LogP contribution in [0.15, 0.2) is 24.3 Å². The highest BCUT2D eigenvalue weighted by molar-refractivity contribution is 5.96. The van der Waals surface area contributed by atoms with Gasteiger partial charge in [-0.2, -0.15) is 0 Å². The third-order valence-corrected chi connectivity index (χ3v) is 1.77. The minimum Gasteiger partial charge on any atom is -0.496 e. The quantitative estimate of drug-likeness (QED) is 0.830. The van der Waals surface area contributed by atoms with Crippen LogP contribution in [0.3, 0.4) is 0 Å². The van der Waals surface area contributed by atoms with Crippen LogP contribution in [0.5, 0.6) is 5.75 Å². The summed E-state index contributed by atoms with van der Waals surface area (Å²) in [5.74, 6) is -0.197. The summed E-state index contributed by atoms with van der Waals surface area (Å²) in [7, 11) is 1.42. The van der Waals surface area contributed by atoms with E-state index in [0.29, 0.717) is 5.75 Å². The Morgan fingerprint density at radius 1 is 1.47 bits per heavy atom. The highest BCUT2D eigenvalue weighted by Gasteiger charge is 2.12. The number of carbonyl (C=O) groups excluding carboxylic acids is 1. The second-order valence-corrected chi connectivity index (χ2v) is 2.80. The fourth-order valence-corrected chi connectivity index (χ4v) is 1.10. The van der Waals surface area contributed by atoms with Gasteiger partial charge in [-0.05, 0) is 12.1 Å². The number of halogens is 2. The molecule has 0 heterocycles. The molecule has 1 rings (SSSR count). The number of benzene rings is 1. The van der Waals surface area contributed by atoms with Gasteiger partial charge >= 0.3 is 0 Å². The number of methoxy groups -OCH3 is 1. The molecule has 0 unspecified atom stereocenters. The van der Waals surface area contributed by atoms with Crippen molar-refractivity contribution in [2.75, 3.05) is 13.7 Å². The number of carbonyl (C=O) groups is 1. The Balaban J connectivity index is 2.72. The lowest BCUT2D eigenvalue weighted by Gasteiger charge is -2.08. The molecule has 1 aromatic carbocycles. The summed E-state index contributed by atoms with van der Waals surface area (Å²) in [6, 6.07) is 6.44. The zero-order valence-electron chi connectivity index (χ0n) is 8.17. The maximum Gasteiger partial charge on any atom is 0.255 e. The first kappa shape index (κ1) is 11.4. The van der Waals surface area contributed by atoms with Crippen molar-refractivity contribution in [3.63, 3.8) is 0 Å². The van der Waals surface area contributed by atoms with Crippen molar-refractivity contribution in [1.82, 2.24) is 5.32 Å². The molecule has 3 nitrogen and oxygen atoms in total. The van der Waals surface area contributed by atoms with Crippen molar-refractivity contribution in [2.24, 2.45) is 0 Å². The van der Waals surface area contributed by atoms with Crippen molar-refractivity contribution in [1.29, 1.82) is 0 Å². The van der Waals surface area contributed by atoms with E-state index in [-0.39, 0.29) is 5.56 Å². The lowest BCUT2D eigenvalue weighted by atomic mass is 10.2. The molecule has 0 aliphatic carbocycles. The van der Waals surface area contributed by atoms with Gasteiger partial charge in [0.15, 0.2) is 0 Å². The van der Waals surface area contributed by atoms with E-state index >= 15 is 0 Å². The van der Waals surface area contributed by atoms with E-state index in [2.05, 4.69) is 5.32 Å². The van der Waals surface area contributed by atoms with Crippen molar-refractivity contribution in [2.45, 2.75) is 6.43 Å². The molecule has 1 N–H and O–H groups in total. The first-order valence-corrected chi connectivity index (χ1v) is 4.34. The predicted octanol–water partition coefficient (Wildman–Crippen LogP) is 1.69. The van der Waals surface area contributed by atoms with Crippen LogP contribution < -0.4 is 10.1 Å². The van der Waals surface area contributed by atoms with Crippen molar-refractivity contribution >= 4 is 5.91 Å². The smallest absolute Gasteiger partial charge is 0.255 e. The van der Waals surface area contributed by atoms with Gasteiger partial charge in [0.25, 0.3) is 12.3 Å². The van der Waals surface area contributed by atoms with Crippen LogP contribution in [0.25, 0.3) is 0 Å². The van der Waals surface area contributed by atoms with Crippen LogP contribution in [-0.4, -0.2) is 26.0 Å². The van der Waals surface area contributed by atoms with Gasteiger partial charge in [0.2, 0.25) is 0 Å². The van der Waals surface area contributed by atoms with Crippen molar-refractivity contribution in [3.05, 3.63) is 29.8 Å². The highest BCUT2D eigenvalue weighted by Crippen LogP contribution is 2.16. The molecule has 0 atom stereocenters. The minimum atomic E-state index is -2.55. The average Bonchev–Trinajstić information content (AvgIpc) is 2.25. The number of amides is 1. The van der Waals surface area contributed by atoms with Crippen LogP contribution >= 0.6 is 0 Å². The number of rotatable bonds is 4. The SMILES string of the molecule is COc1ccccc1C(=O)NCC(F)F. The summed E-state index contributed by atoms with van der Waals surface area (Å²) < 4.78 is 28.6. The van der Waals surface area contributed by atoms with E-state index in [1.165, 1.54) is 13.2 Å². The number of ether oxygens (including phenoxy) is 1. The summed E-state index contributed by atoms with van der Waals surface area (Å²) in [6.07, 6.45) is -2.55. The van der Waals surface area contributed by atoms with Gasteiger partial charge in [-0.25, -0.2) is 8.78 Å². The second kappa shape index (κ2) is 5.29. The number of hydrogen-bond donors (Lipinski definition) is 1. The van der Waals surface area contributed by atoms with Crippen LogP contribution in [0.4, 0.5) is 8.78 Å². The largest absolute Gasteiger partial charge is 0.496 e. The topological polar surface area (TPSA) is 38.3 Å². The number of hydrogen-bond acceptors (Lipinski definition) is 2. The normalized spacial score (nSPS) is 10.1. The third-order valence-electron chi connectivity index (χ3n) is 1.77. The monoisotopic (exact) mass is 215 g/mol. The Hall–Kier alpha value is -1.65. The maximum absolute atomic E-state index is 11.8. The van der Waals surface area contributed by atoms with E-state index in [1.54, 1.807) is 18.2 Å². The Kier molecular flexibility index (Phi) is 4.03. The molecule has 0 aromatic heterocycles. The molecule has 0 bridgehead atoms. The van der Waals surface area contributed by atoms with Gasteiger partial charge in [-0.1, -0.05) is 12.1 Å². The Labute approximate surface area is 86.0 Å². The van der Waals surface area contributed by atoms with Crippen molar-refractivity contribution in [3.8, 4) is 5.75 Å². The predicted molar refractivity (Wildman–Crippen MR) is 51.3 cm³/mol. The van der Waals surface area contributed by atoms with Gasteiger partial charge < -0.3 is 10.1 Å². The first-order valence-electron chi connectivity index (χ1n) is 4.34. The molecule has 0 aliphatic heterocycles. The van der Waals surface area contributed by atoms with Crippen LogP contribution in [-0.2, 0) is 0 Å². The standard InChI is InChI=1S/C10H11F2NO2/c1-15-8-5-3-2-4-7(8)10(14)13-6-9(11)12/h2-5,9H,6H2,1H3,(H,13,14). The summed E-state index contributed by atoms with van der Waals surface area (Å²) in [5.41, 5.74) is 0.251. The number of alkyl halides is 2. The lowest BCUT2D eigenvalue weighted by Crippen LogP contribution is -2.28. The van der Waals surface area contributed by atoms with Crippen LogP contribution in [0, 0.1) is 0 Å². The fraction of sp³-hybridized carbons (Fsp3) is 0.300. The molecule has 15 heavy (non-hydrogen) atoms. The molecule has 5 heteroatoms. The van der Waals surface area contributed by atoms with E-state index in [1.807, 2.05) is 0 Å². The molecular weight excluding hydrogens is 204 g/mol. The van der Waals surface area contributed by atoms with Crippen LogP contribution in [0.2, 0.25) is 0 Å². The highest BCUT2D eigenvalue weighted by atomic mass is 19.3. The molecule has 0 saturated carbocycles. The second-order valence-electron chi connectivity index (χ2n) is 2.80. The maximum atomic E-state index is 11.8. The Morgan fingerprint density at radius 2 is 2.13 bits per heavy atom. The van der Waals surface area contributed by atoms with Gasteiger partial charge in [-0.3, -0.25) is 4.79 Å². The minimum absolute atomic E-state index is 0.251. The molecule has 0 spiro atoms. The van der Waals surface area contributed by atoms with Gasteiger partial charge in [0.1, 0.15) is 5.75 Å². The molecule has 1 aromatic rings. The summed E-state index contributed by atoms with van der Waals surface area (Å²) in [4.78, 5) is 11.4. The van der Waals surface area contributed by atoms with Gasteiger partial charge in [0.05, 0.1) is 19.2 Å². The Morgan fingerprint density at radius 3 is 2.73 bits per heavy atom. The number of para-hydroxylation sites is 1. The average molecular weight is 215 g/mol. The summed E-state index contributed by atoms with van der Waals surface area (Å²) in [5, 5.41) is 2.10. The van der Waals surface area contributed by atoms with E-state index in [9.17, 15) is 13.6 Å². The fourth-order valence-electron chi connectivity index (χ4n) is 1.10. The molecule has 0 radical (unpaired) electrons. The molecule has 82 valence electrons. The zero-order valence-corrected chi connectivity index (χ0v) is 8.17. The van der Waals surface area contributed by atoms with E-state index < -0.39 is 18.9 Å². The van der Waals surface area contributed by atoms with Gasteiger partial charge in [-0.15, -0.1) is 0 Å². The summed E-state index contributed by atoms with van der Waals surface area (Å²) in [6.45, 7) is -0.656. The van der Waals surface area contributed by atoms with E-state index in [0.717, 1.165) is 0 Å². The molecule has 1 amide bonds. The molecule has 0 fully saturated rings. The first-order chi connectivity index (χ1) is 7.15. The van der Waals surface area contributed by atoms with Crippen molar-refractivity contribution < 1.29 is 18.3 Å². The van der Waals surface area contributed by atoms with Gasteiger partial charge in [0, 0.05) is 0 Å². The molecule has 0 saturated heterocycles. The zero-order chi connectivity index (χ0) is 11.3. The third kappa shape index (κ3) is 3.19.